The van der Waals surface area contributed by atoms with Crippen LogP contribution >= 0.6 is 23.4 Å². The van der Waals surface area contributed by atoms with Gasteiger partial charge >= 0.3 is 0 Å². The molecule has 0 spiro atoms. The summed E-state index contributed by atoms with van der Waals surface area (Å²) in [5.41, 5.74) is 0. The smallest absolute Gasteiger partial charge is 0.270 e. The molecule has 1 aliphatic rings. The first-order valence-corrected chi connectivity index (χ1v) is 10.7. The Hall–Kier alpha value is 1.51. The maximum Gasteiger partial charge on any atom is 0.270 e. The van der Waals surface area contributed by atoms with E-state index >= 15 is 0 Å². The van der Waals surface area contributed by atoms with Crippen LogP contribution in [0.2, 0.25) is 0 Å². The summed E-state index contributed by atoms with van der Waals surface area (Å²) in [7, 11) is -12.1. The summed E-state index contributed by atoms with van der Waals surface area (Å²) < 4.78 is 52.0. The molecule has 0 aromatic carbocycles. The third-order valence-corrected chi connectivity index (χ3v) is 7.54. The van der Waals surface area contributed by atoms with Crippen LogP contribution in [0.4, 0.5) is 0 Å². The van der Waals surface area contributed by atoms with Crippen molar-refractivity contribution in [3.05, 3.63) is 0 Å². The van der Waals surface area contributed by atoms with Gasteiger partial charge in [0.05, 0.1) is 24.7 Å². The van der Waals surface area contributed by atoms with Gasteiger partial charge in [-0.3, -0.25) is 13.4 Å². The largest absolute Gasteiger partial charge is 0.778 e. The molecule has 1 rings (SSSR count). The fourth-order valence-electron chi connectivity index (χ4n) is 1.88. The number of methoxy groups -OCH3 is 1. The van der Waals surface area contributed by atoms with E-state index in [-0.39, 0.29) is 51.5 Å². The van der Waals surface area contributed by atoms with Crippen molar-refractivity contribution in [2.45, 2.75) is 31.7 Å². The van der Waals surface area contributed by atoms with E-state index in [1.54, 1.807) is 0 Å². The Bertz CT molecular complexity index is 467. The summed E-state index contributed by atoms with van der Waals surface area (Å²) in [6.07, 6.45) is -0.197. The number of phosphoric acid groups is 1. The molecule has 0 aromatic heterocycles. The Morgan fingerprint density at radius 2 is 2.00 bits per heavy atom. The third-order valence-electron chi connectivity index (χ3n) is 2.65. The third kappa shape index (κ3) is 9.12. The molecular formula is C8H17O10P3Y-2. The van der Waals surface area contributed by atoms with Crippen molar-refractivity contribution in [3.63, 3.8) is 0 Å². The maximum absolute atomic E-state index is 11.5. The zero-order valence-electron chi connectivity index (χ0n) is 11.9. The van der Waals surface area contributed by atoms with Crippen LogP contribution < -0.4 is 9.79 Å². The second-order valence-corrected chi connectivity index (χ2v) is 9.61. The van der Waals surface area contributed by atoms with E-state index in [1.165, 1.54) is 7.11 Å². The molecule has 129 valence electrons. The van der Waals surface area contributed by atoms with E-state index in [9.17, 15) is 23.5 Å². The minimum Gasteiger partial charge on any atom is -0.778 e. The van der Waals surface area contributed by atoms with Crippen LogP contribution in [0.25, 0.3) is 0 Å². The van der Waals surface area contributed by atoms with Gasteiger partial charge in [0.15, 0.2) is 15.6 Å². The monoisotopic (exact) mass is 455 g/mol. The first-order chi connectivity index (χ1) is 9.52. The van der Waals surface area contributed by atoms with Gasteiger partial charge in [0, 0.05) is 46.2 Å². The van der Waals surface area contributed by atoms with Crippen LogP contribution in [0.1, 0.15) is 13.3 Å². The van der Waals surface area contributed by atoms with Gasteiger partial charge in [-0.05, 0) is 6.92 Å². The summed E-state index contributed by atoms with van der Waals surface area (Å²) in [5.74, 6) is -1.13. The minimum atomic E-state index is -5.45. The molecule has 1 N–H and O–H groups in total. The van der Waals surface area contributed by atoms with Gasteiger partial charge in [-0.25, -0.2) is 0 Å². The second kappa shape index (κ2) is 9.86. The van der Waals surface area contributed by atoms with Gasteiger partial charge in [0.2, 0.25) is 0 Å². The van der Waals surface area contributed by atoms with Crippen molar-refractivity contribution in [1.29, 1.82) is 0 Å². The zero-order valence-corrected chi connectivity index (χ0v) is 17.6. The van der Waals surface area contributed by atoms with E-state index in [2.05, 4.69) is 4.31 Å². The average molecular weight is 455 g/mol. The molecule has 1 aliphatic heterocycles. The molecule has 1 heterocycles. The predicted molar refractivity (Wildman–Crippen MR) is 68.1 cm³/mol. The quantitative estimate of drug-likeness (QED) is 0.481. The molecule has 6 atom stereocenters. The van der Waals surface area contributed by atoms with Crippen LogP contribution in [-0.4, -0.2) is 42.8 Å². The van der Waals surface area contributed by atoms with Gasteiger partial charge in [0.1, 0.15) is 6.10 Å². The van der Waals surface area contributed by atoms with E-state index in [4.69, 9.17) is 18.9 Å². The fraction of sp³-hybridized carbons (Fsp3) is 1.00. The normalized spacial score (nSPS) is 31.8. The topological polar surface area (TPSA) is 154 Å². The average Bonchev–Trinajstić information content (AvgIpc) is 2.63. The molecule has 0 aromatic rings. The summed E-state index contributed by atoms with van der Waals surface area (Å²) >= 11 is 0. The predicted octanol–water partition coefficient (Wildman–Crippen LogP) is -0.344. The summed E-state index contributed by atoms with van der Waals surface area (Å²) in [6, 6.07) is 0. The van der Waals surface area contributed by atoms with Gasteiger partial charge in [0.25, 0.3) is 7.82 Å². The molecule has 1 radical (unpaired) electrons. The Labute approximate surface area is 153 Å². The van der Waals surface area contributed by atoms with Crippen molar-refractivity contribution in [3.8, 4) is 0 Å². The summed E-state index contributed by atoms with van der Waals surface area (Å²) in [5, 5.41) is 0. The molecular weight excluding hydrogens is 438 g/mol. The van der Waals surface area contributed by atoms with Gasteiger partial charge in [-0.15, -0.1) is 0 Å². The Morgan fingerprint density at radius 1 is 1.41 bits per heavy atom. The van der Waals surface area contributed by atoms with E-state index < -0.39 is 35.5 Å². The van der Waals surface area contributed by atoms with Crippen LogP contribution in [0, 0.1) is 0 Å². The Balaban J connectivity index is 0.00000441. The number of hydrogen-bond acceptors (Lipinski definition) is 9. The summed E-state index contributed by atoms with van der Waals surface area (Å²) in [4.78, 5) is 29.8. The van der Waals surface area contributed by atoms with Gasteiger partial charge < -0.3 is 33.2 Å². The molecule has 10 nitrogen and oxygen atoms in total. The molecule has 1 saturated heterocycles. The first-order valence-electron chi connectivity index (χ1n) is 5.91. The SMILES string of the molecule is CO[C@@H]1C[C@H](C)O[C@@H]1CO[PH](=O)CP(=O)([O-])OP(=O)([O-])O.[Y]. The van der Waals surface area contributed by atoms with Gasteiger partial charge in [-0.2, -0.15) is 0 Å². The fourth-order valence-corrected chi connectivity index (χ4v) is 5.87. The molecule has 0 aliphatic carbocycles. The summed E-state index contributed by atoms with van der Waals surface area (Å²) in [6.45, 7) is 1.66. The molecule has 3 unspecified atom stereocenters. The van der Waals surface area contributed by atoms with Crippen LogP contribution in [-0.2, 0) is 64.7 Å². The van der Waals surface area contributed by atoms with Gasteiger partial charge in [-0.1, -0.05) is 0 Å². The molecule has 1 fully saturated rings. The number of rotatable bonds is 8. The van der Waals surface area contributed by atoms with Crippen LogP contribution in [0.5, 0.6) is 0 Å². The molecule has 0 amide bonds. The first kappa shape index (κ1) is 23.5. The maximum atomic E-state index is 11.5. The van der Waals surface area contributed by atoms with E-state index in [0.717, 1.165) is 0 Å². The Kier molecular flexibility index (Phi) is 10.5. The molecule has 22 heavy (non-hydrogen) atoms. The second-order valence-electron chi connectivity index (χ2n) is 4.50. The van der Waals surface area contributed by atoms with Crippen molar-refractivity contribution in [2.24, 2.45) is 0 Å². The Morgan fingerprint density at radius 3 is 2.50 bits per heavy atom. The van der Waals surface area contributed by atoms with Crippen molar-refractivity contribution >= 4 is 23.4 Å². The standard InChI is InChI=1S/C8H19O10P3.Y/c1-6-3-7(15-2)8(17-6)4-16-19(9)5-20(10,11)18-21(12,13)14;/h6-8,19H,3-5H2,1-2H3,(H,10,11)(H2,12,13,14);/p-2/t6-,7+,8+;/m0./s1. The number of ether oxygens (including phenoxy) is 2. The zero-order chi connectivity index (χ0) is 16.3. The van der Waals surface area contributed by atoms with Crippen LogP contribution in [0.15, 0.2) is 0 Å². The van der Waals surface area contributed by atoms with Crippen molar-refractivity contribution in [2.75, 3.05) is 19.6 Å². The minimum absolute atomic E-state index is 0. The van der Waals surface area contributed by atoms with E-state index in [1.807, 2.05) is 6.92 Å². The number of hydrogen-bond donors (Lipinski definition) is 1. The van der Waals surface area contributed by atoms with Crippen molar-refractivity contribution in [1.82, 2.24) is 0 Å². The molecule has 0 bridgehead atoms. The van der Waals surface area contributed by atoms with E-state index in [0.29, 0.717) is 6.42 Å². The van der Waals surface area contributed by atoms with Crippen molar-refractivity contribution < 1.29 is 79.4 Å². The molecule has 14 heteroatoms. The molecule has 0 saturated carbocycles. The van der Waals surface area contributed by atoms with Crippen LogP contribution in [0.3, 0.4) is 0 Å².